The summed E-state index contributed by atoms with van der Waals surface area (Å²) in [6.45, 7) is 3.61. The number of rotatable bonds is 3. The lowest BCUT2D eigenvalue weighted by molar-refractivity contribution is -0.185. The summed E-state index contributed by atoms with van der Waals surface area (Å²) in [5.74, 6) is 2.10. The van der Waals surface area contributed by atoms with Gasteiger partial charge in [-0.2, -0.15) is 0 Å². The van der Waals surface area contributed by atoms with Crippen LogP contribution >= 0.6 is 0 Å². The van der Waals surface area contributed by atoms with Gasteiger partial charge in [-0.15, -0.1) is 6.58 Å². The van der Waals surface area contributed by atoms with Crippen molar-refractivity contribution in [2.75, 3.05) is 0 Å². The number of carbonyl (C=O) groups excluding carboxylic acids is 1. The van der Waals surface area contributed by atoms with Crippen LogP contribution < -0.4 is 0 Å². The number of allylic oxidation sites excluding steroid dienone is 1. The van der Waals surface area contributed by atoms with Gasteiger partial charge in [0.1, 0.15) is 5.60 Å². The minimum atomic E-state index is -0.998. The van der Waals surface area contributed by atoms with Crippen molar-refractivity contribution in [3.05, 3.63) is 12.7 Å². The molecule has 0 radical (unpaired) electrons. The summed E-state index contributed by atoms with van der Waals surface area (Å²) in [5.41, 5.74) is -0.998. The molecule has 0 atom stereocenters. The average Bonchev–Trinajstić information content (AvgIpc) is 2.24. The van der Waals surface area contributed by atoms with Gasteiger partial charge in [-0.1, -0.05) is 6.08 Å². The van der Waals surface area contributed by atoms with Crippen molar-refractivity contribution in [2.24, 2.45) is 23.7 Å². The van der Waals surface area contributed by atoms with Gasteiger partial charge in [0, 0.05) is 6.42 Å². The van der Waals surface area contributed by atoms with Crippen LogP contribution in [0.15, 0.2) is 12.7 Å². The fraction of sp³-hybridized carbons (Fsp3) is 0.786. The zero-order valence-electron chi connectivity index (χ0n) is 9.69. The number of carbonyl (C=O) groups is 1. The third kappa shape index (κ3) is 1.26. The lowest BCUT2D eigenvalue weighted by Crippen LogP contribution is -2.61. The number of ketones is 1. The Bertz CT molecular complexity index is 304. The van der Waals surface area contributed by atoms with E-state index in [-0.39, 0.29) is 17.6 Å². The maximum atomic E-state index is 12.1. The minimum absolute atomic E-state index is 0.0244. The highest BCUT2D eigenvalue weighted by Crippen LogP contribution is 2.58. The van der Waals surface area contributed by atoms with E-state index < -0.39 is 5.60 Å². The van der Waals surface area contributed by atoms with E-state index in [0.717, 1.165) is 37.5 Å². The third-order valence-corrected chi connectivity index (χ3v) is 5.16. The second kappa shape index (κ2) is 3.43. The van der Waals surface area contributed by atoms with E-state index in [0.29, 0.717) is 6.42 Å². The van der Waals surface area contributed by atoms with Gasteiger partial charge in [0.2, 0.25) is 0 Å². The molecule has 4 bridgehead atoms. The van der Waals surface area contributed by atoms with Crippen molar-refractivity contribution >= 4 is 5.78 Å². The highest BCUT2D eigenvalue weighted by atomic mass is 16.3. The monoisotopic (exact) mass is 220 g/mol. The lowest BCUT2D eigenvalue weighted by Gasteiger charge is -2.58. The van der Waals surface area contributed by atoms with E-state index in [9.17, 15) is 9.90 Å². The smallest absolute Gasteiger partial charge is 0.168 e. The first-order valence-electron chi connectivity index (χ1n) is 6.51. The van der Waals surface area contributed by atoms with E-state index >= 15 is 0 Å². The van der Waals surface area contributed by atoms with Gasteiger partial charge in [-0.05, 0) is 55.8 Å². The van der Waals surface area contributed by atoms with Gasteiger partial charge in [0.05, 0.1) is 0 Å². The van der Waals surface area contributed by atoms with Crippen LogP contribution in [0, 0.1) is 23.7 Å². The average molecular weight is 220 g/mol. The van der Waals surface area contributed by atoms with Crippen molar-refractivity contribution in [3.8, 4) is 0 Å². The van der Waals surface area contributed by atoms with E-state index in [1.54, 1.807) is 6.08 Å². The largest absolute Gasteiger partial charge is 0.381 e. The Hall–Kier alpha value is -0.630. The normalized spacial score (nSPS) is 49.3. The molecule has 1 N–H and O–H groups in total. The molecule has 0 aliphatic heterocycles. The van der Waals surface area contributed by atoms with Crippen LogP contribution in [0.2, 0.25) is 0 Å². The molecule has 16 heavy (non-hydrogen) atoms. The number of hydrogen-bond acceptors (Lipinski definition) is 2. The molecule has 0 aromatic rings. The Kier molecular flexibility index (Phi) is 2.25. The summed E-state index contributed by atoms with van der Waals surface area (Å²) in [6, 6.07) is 0. The zero-order chi connectivity index (χ0) is 11.3. The van der Waals surface area contributed by atoms with Crippen molar-refractivity contribution in [1.82, 2.24) is 0 Å². The molecule has 4 rings (SSSR count). The maximum absolute atomic E-state index is 12.1. The molecule has 2 nitrogen and oxygen atoms in total. The van der Waals surface area contributed by atoms with Crippen molar-refractivity contribution in [1.29, 1.82) is 0 Å². The molecule has 4 fully saturated rings. The highest BCUT2D eigenvalue weighted by molar-refractivity contribution is 5.89. The van der Waals surface area contributed by atoms with Gasteiger partial charge < -0.3 is 5.11 Å². The van der Waals surface area contributed by atoms with Crippen LogP contribution in [-0.2, 0) is 4.79 Å². The number of aliphatic hydroxyl groups is 1. The number of hydrogen-bond donors (Lipinski definition) is 1. The summed E-state index contributed by atoms with van der Waals surface area (Å²) < 4.78 is 0. The Balaban J connectivity index is 1.90. The van der Waals surface area contributed by atoms with Gasteiger partial charge >= 0.3 is 0 Å². The molecule has 0 unspecified atom stereocenters. The zero-order valence-corrected chi connectivity index (χ0v) is 9.69. The first-order valence-corrected chi connectivity index (χ1v) is 6.51. The lowest BCUT2D eigenvalue weighted by atomic mass is 9.49. The van der Waals surface area contributed by atoms with Crippen molar-refractivity contribution < 1.29 is 9.90 Å². The van der Waals surface area contributed by atoms with Gasteiger partial charge in [0.15, 0.2) is 5.78 Å². The van der Waals surface area contributed by atoms with Gasteiger partial charge in [-0.25, -0.2) is 0 Å². The van der Waals surface area contributed by atoms with Crippen LogP contribution in [0.3, 0.4) is 0 Å². The summed E-state index contributed by atoms with van der Waals surface area (Å²) in [7, 11) is 0. The highest BCUT2D eigenvalue weighted by Gasteiger charge is 2.59. The molecule has 88 valence electrons. The Morgan fingerprint density at radius 3 is 2.12 bits per heavy atom. The van der Waals surface area contributed by atoms with E-state index in [1.165, 1.54) is 6.42 Å². The Morgan fingerprint density at radius 2 is 1.69 bits per heavy atom. The third-order valence-electron chi connectivity index (χ3n) is 5.16. The predicted octanol–water partition coefficient (Wildman–Crippen LogP) is 2.32. The molecule has 4 aliphatic rings. The first-order chi connectivity index (χ1) is 7.64. The fourth-order valence-corrected chi connectivity index (χ4v) is 4.65. The van der Waals surface area contributed by atoms with Crippen LogP contribution in [0.25, 0.3) is 0 Å². The topological polar surface area (TPSA) is 37.3 Å². The molecule has 0 amide bonds. The van der Waals surface area contributed by atoms with Crippen LogP contribution in [-0.4, -0.2) is 16.5 Å². The molecule has 0 heterocycles. The van der Waals surface area contributed by atoms with Gasteiger partial charge in [0.25, 0.3) is 0 Å². The molecule has 0 spiro atoms. The molecule has 2 heteroatoms. The van der Waals surface area contributed by atoms with Crippen LogP contribution in [0.1, 0.15) is 38.5 Å². The molecule has 0 saturated heterocycles. The van der Waals surface area contributed by atoms with E-state index in [1.807, 2.05) is 0 Å². The summed E-state index contributed by atoms with van der Waals surface area (Å²) in [4.78, 5) is 12.1. The SMILES string of the molecule is C=CCC(=O)C1(O)C2CC3CC(C2)CC1C3. The molecule has 0 aromatic heterocycles. The minimum Gasteiger partial charge on any atom is -0.381 e. The molecule has 0 aromatic carbocycles. The predicted molar refractivity (Wildman–Crippen MR) is 61.8 cm³/mol. The molecular formula is C14H20O2. The molecular weight excluding hydrogens is 200 g/mol. The molecule has 4 aliphatic carbocycles. The quantitative estimate of drug-likeness (QED) is 0.741. The molecule has 4 saturated carbocycles. The summed E-state index contributed by atoms with van der Waals surface area (Å²) in [6.07, 6.45) is 7.61. The van der Waals surface area contributed by atoms with Crippen LogP contribution in [0.4, 0.5) is 0 Å². The number of Topliss-reactive ketones (excluding diaryl/α,β-unsaturated/α-hetero) is 1. The summed E-state index contributed by atoms with van der Waals surface area (Å²) >= 11 is 0. The Labute approximate surface area is 96.7 Å². The fourth-order valence-electron chi connectivity index (χ4n) is 4.65. The maximum Gasteiger partial charge on any atom is 0.168 e. The second-order valence-electron chi connectivity index (χ2n) is 6.05. The van der Waals surface area contributed by atoms with E-state index in [4.69, 9.17) is 0 Å². The standard InChI is InChI=1S/C14H20O2/c1-2-3-13(15)14(16)11-5-9-4-10(7-11)8-12(14)6-9/h2,9-12,16H,1,3-8H2. The van der Waals surface area contributed by atoms with Crippen LogP contribution in [0.5, 0.6) is 0 Å². The second-order valence-corrected chi connectivity index (χ2v) is 6.05. The summed E-state index contributed by atoms with van der Waals surface area (Å²) in [5, 5.41) is 10.8. The van der Waals surface area contributed by atoms with Crippen molar-refractivity contribution in [3.63, 3.8) is 0 Å². The van der Waals surface area contributed by atoms with Crippen molar-refractivity contribution in [2.45, 2.75) is 44.1 Å². The van der Waals surface area contributed by atoms with Gasteiger partial charge in [-0.3, -0.25) is 4.79 Å². The Morgan fingerprint density at radius 1 is 1.19 bits per heavy atom. The first kappa shape index (κ1) is 10.5. The van der Waals surface area contributed by atoms with E-state index in [2.05, 4.69) is 6.58 Å².